The second kappa shape index (κ2) is 18.0. The van der Waals surface area contributed by atoms with Crippen LogP contribution in [0.2, 0.25) is 0 Å². The predicted octanol–water partition coefficient (Wildman–Crippen LogP) is 18.1. The van der Waals surface area contributed by atoms with Crippen LogP contribution in [0.5, 0.6) is 11.5 Å². The lowest BCUT2D eigenvalue weighted by atomic mass is 9.77. The molecular weight excluding hydrogens is 889 g/mol. The van der Waals surface area contributed by atoms with Crippen molar-refractivity contribution in [2.45, 2.75) is 90.9 Å². The summed E-state index contributed by atoms with van der Waals surface area (Å²) in [4.78, 5) is 9.92. The van der Waals surface area contributed by atoms with Gasteiger partial charge in [0.15, 0.2) is 0 Å². The first-order valence-corrected chi connectivity index (χ1v) is 25.8. The molecule has 0 aliphatic carbocycles. The van der Waals surface area contributed by atoms with E-state index in [2.05, 4.69) is 284 Å². The van der Waals surface area contributed by atoms with E-state index >= 15 is 0 Å². The first kappa shape index (κ1) is 47.4. The highest BCUT2D eigenvalue weighted by Gasteiger charge is 2.34. The van der Waals surface area contributed by atoms with Crippen molar-refractivity contribution in [1.82, 2.24) is 9.55 Å². The van der Waals surface area contributed by atoms with E-state index < -0.39 is 0 Å². The molecule has 0 bridgehead atoms. The molecule has 11 rings (SSSR count). The zero-order valence-electron chi connectivity index (χ0n) is 44.0. The number of aromatic nitrogens is 2. The van der Waals surface area contributed by atoms with Crippen LogP contribution >= 0.6 is 0 Å². The third-order valence-electron chi connectivity index (χ3n) is 15.4. The molecule has 0 spiro atoms. The molecule has 8 aromatic carbocycles. The molecule has 2 aromatic heterocycles. The van der Waals surface area contributed by atoms with E-state index in [4.69, 9.17) is 9.72 Å². The molecule has 364 valence electrons. The number of fused-ring (bicyclic) bond motifs is 4. The number of anilines is 4. The SMILES string of the molecule is CC(C)(C)c1ccnc(-n2c3ccc(C(C)(C)C)cc3c3ccc(Oc4cccc(N5CN(c6cc(-c7ccccc7)cc(C(C)(C)c7ccccc7)c6)c6ccc(C(C)(C)c7ccccc7)cc65)c4)cc32)c1. The van der Waals surface area contributed by atoms with E-state index in [0.717, 1.165) is 51.1 Å². The Morgan fingerprint density at radius 3 is 1.68 bits per heavy atom. The van der Waals surface area contributed by atoms with Gasteiger partial charge in [-0.25, -0.2) is 4.98 Å². The molecule has 5 nitrogen and oxygen atoms in total. The first-order valence-electron chi connectivity index (χ1n) is 25.8. The topological polar surface area (TPSA) is 33.5 Å². The van der Waals surface area contributed by atoms with E-state index in [1.165, 1.54) is 55.3 Å². The van der Waals surface area contributed by atoms with Crippen molar-refractivity contribution in [3.05, 3.63) is 240 Å². The molecule has 0 unspecified atom stereocenters. The average molecular weight is 955 g/mol. The van der Waals surface area contributed by atoms with Crippen LogP contribution in [0.25, 0.3) is 38.8 Å². The number of rotatable bonds is 10. The lowest BCUT2D eigenvalue weighted by Gasteiger charge is -2.29. The van der Waals surface area contributed by atoms with Crippen LogP contribution in [-0.4, -0.2) is 16.2 Å². The minimum Gasteiger partial charge on any atom is -0.457 e. The molecule has 0 saturated heterocycles. The van der Waals surface area contributed by atoms with Crippen molar-refractivity contribution < 1.29 is 4.74 Å². The fourth-order valence-electron chi connectivity index (χ4n) is 10.7. The van der Waals surface area contributed by atoms with Gasteiger partial charge in [-0.3, -0.25) is 4.57 Å². The summed E-state index contributed by atoms with van der Waals surface area (Å²) in [5.74, 6) is 2.42. The third-order valence-corrected chi connectivity index (χ3v) is 15.4. The molecule has 0 radical (unpaired) electrons. The number of benzene rings is 8. The largest absolute Gasteiger partial charge is 0.457 e. The number of pyridine rings is 1. The summed E-state index contributed by atoms with van der Waals surface area (Å²) in [7, 11) is 0. The van der Waals surface area contributed by atoms with Crippen LogP contribution in [0.15, 0.2) is 206 Å². The van der Waals surface area contributed by atoms with Crippen LogP contribution in [0, 0.1) is 0 Å². The number of nitrogens with zero attached hydrogens (tertiary/aromatic N) is 4. The Bertz CT molecular complexity index is 3650. The lowest BCUT2D eigenvalue weighted by Crippen LogP contribution is -2.25. The summed E-state index contributed by atoms with van der Waals surface area (Å²) in [6.07, 6.45) is 1.94. The first-order chi connectivity index (χ1) is 34.9. The monoisotopic (exact) mass is 955 g/mol. The van der Waals surface area contributed by atoms with Gasteiger partial charge in [-0.15, -0.1) is 0 Å². The van der Waals surface area contributed by atoms with Gasteiger partial charge in [-0.2, -0.15) is 0 Å². The third kappa shape index (κ3) is 8.86. The van der Waals surface area contributed by atoms with Crippen LogP contribution in [0.1, 0.15) is 103 Å². The van der Waals surface area contributed by atoms with Crippen molar-refractivity contribution in [1.29, 1.82) is 0 Å². The number of hydrogen-bond acceptors (Lipinski definition) is 4. The van der Waals surface area contributed by atoms with Crippen LogP contribution in [-0.2, 0) is 21.7 Å². The van der Waals surface area contributed by atoms with Crippen molar-refractivity contribution in [3.8, 4) is 28.4 Å². The van der Waals surface area contributed by atoms with E-state index in [-0.39, 0.29) is 21.7 Å². The molecular formula is C68H66N4O. The minimum absolute atomic E-state index is 0.00204. The fourth-order valence-corrected chi connectivity index (χ4v) is 10.7. The molecule has 5 heteroatoms. The van der Waals surface area contributed by atoms with Crippen LogP contribution in [0.3, 0.4) is 0 Å². The summed E-state index contributed by atoms with van der Waals surface area (Å²) in [5, 5.41) is 2.37. The Hall–Kier alpha value is -7.89. The molecule has 0 fully saturated rings. The standard InChI is InChI=1S/C68H66N4O/c1-65(2,3)50-29-33-60-59(40-50)58-32-31-57(44-62(58)72(60)64-42-51(35-36-69-64)66(4,5)6)73-56-28-20-27-54(43-56)70-45-71(61-34-30-52(41-63(61)70)67(7,8)48-23-16-12-17-24-48)55-38-47(46-21-14-11-15-22-46)37-53(39-55)68(9,10)49-25-18-13-19-26-49/h11-44H,45H2,1-10H3. The van der Waals surface area contributed by atoms with Gasteiger partial charge >= 0.3 is 0 Å². The Morgan fingerprint density at radius 1 is 0.384 bits per heavy atom. The van der Waals surface area contributed by atoms with Crippen LogP contribution < -0.4 is 14.5 Å². The van der Waals surface area contributed by atoms with Gasteiger partial charge in [-0.05, 0) is 128 Å². The maximum atomic E-state index is 6.95. The second-order valence-corrected chi connectivity index (χ2v) is 23.1. The summed E-state index contributed by atoms with van der Waals surface area (Å²) in [6.45, 7) is 23.5. The normalized spacial score (nSPS) is 13.2. The molecule has 3 heterocycles. The smallest absolute Gasteiger partial charge is 0.137 e. The highest BCUT2D eigenvalue weighted by molar-refractivity contribution is 6.10. The van der Waals surface area contributed by atoms with Crippen molar-refractivity contribution in [2.24, 2.45) is 0 Å². The number of ether oxygens (including phenoxy) is 1. The molecule has 1 aliphatic heterocycles. The number of hydrogen-bond donors (Lipinski definition) is 0. The Morgan fingerprint density at radius 2 is 1.00 bits per heavy atom. The molecule has 73 heavy (non-hydrogen) atoms. The van der Waals surface area contributed by atoms with E-state index in [1.54, 1.807) is 0 Å². The highest BCUT2D eigenvalue weighted by atomic mass is 16.5. The summed E-state index contributed by atoms with van der Waals surface area (Å²) in [6, 6.07) is 73.1. The van der Waals surface area contributed by atoms with Gasteiger partial charge in [0, 0.05) is 51.3 Å². The Kier molecular flexibility index (Phi) is 11.7. The second-order valence-electron chi connectivity index (χ2n) is 23.1. The van der Waals surface area contributed by atoms with Crippen molar-refractivity contribution in [2.75, 3.05) is 16.5 Å². The maximum absolute atomic E-state index is 6.95. The molecule has 0 N–H and O–H groups in total. The molecule has 0 amide bonds. The summed E-state index contributed by atoms with van der Waals surface area (Å²) < 4.78 is 9.26. The lowest BCUT2D eigenvalue weighted by molar-refractivity contribution is 0.483. The molecule has 10 aromatic rings. The molecule has 0 saturated carbocycles. The fraction of sp³-hybridized carbons (Fsp3) is 0.221. The Balaban J connectivity index is 1.02. The quantitative estimate of drug-likeness (QED) is 0.137. The predicted molar refractivity (Wildman–Crippen MR) is 307 cm³/mol. The average Bonchev–Trinajstić information content (AvgIpc) is 3.94. The Labute approximate surface area is 432 Å². The zero-order chi connectivity index (χ0) is 50.9. The van der Waals surface area contributed by atoms with Gasteiger partial charge in [0.25, 0.3) is 0 Å². The van der Waals surface area contributed by atoms with Gasteiger partial charge in [-0.1, -0.05) is 184 Å². The van der Waals surface area contributed by atoms with Gasteiger partial charge in [0.05, 0.1) is 22.4 Å². The van der Waals surface area contributed by atoms with Gasteiger partial charge in [0.2, 0.25) is 0 Å². The van der Waals surface area contributed by atoms with E-state index in [9.17, 15) is 0 Å². The zero-order valence-corrected chi connectivity index (χ0v) is 44.0. The molecule has 0 atom stereocenters. The maximum Gasteiger partial charge on any atom is 0.137 e. The summed E-state index contributed by atoms with van der Waals surface area (Å²) in [5.41, 5.74) is 16.1. The van der Waals surface area contributed by atoms with Crippen molar-refractivity contribution in [3.63, 3.8) is 0 Å². The van der Waals surface area contributed by atoms with Crippen LogP contribution in [0.4, 0.5) is 22.7 Å². The van der Waals surface area contributed by atoms with Crippen molar-refractivity contribution >= 4 is 44.6 Å². The van der Waals surface area contributed by atoms with E-state index in [0.29, 0.717) is 6.67 Å². The summed E-state index contributed by atoms with van der Waals surface area (Å²) >= 11 is 0. The van der Waals surface area contributed by atoms with Gasteiger partial charge in [0.1, 0.15) is 24.0 Å². The highest BCUT2D eigenvalue weighted by Crippen LogP contribution is 2.49. The van der Waals surface area contributed by atoms with Gasteiger partial charge < -0.3 is 14.5 Å². The minimum atomic E-state index is -0.252. The molecule has 1 aliphatic rings. The van der Waals surface area contributed by atoms with E-state index in [1.807, 2.05) is 6.20 Å².